The number of rotatable bonds is 1. The van der Waals surface area contributed by atoms with Gasteiger partial charge in [0.05, 0.1) is 16.6 Å². The lowest BCUT2D eigenvalue weighted by atomic mass is 10.0. The number of benzene rings is 1. The molecule has 4 nitrogen and oxygen atoms in total. The van der Waals surface area contributed by atoms with Gasteiger partial charge in [0.2, 0.25) is 5.56 Å². The summed E-state index contributed by atoms with van der Waals surface area (Å²) in [7, 11) is 0. The molecule has 7 heteroatoms. The van der Waals surface area contributed by atoms with Crippen LogP contribution < -0.4 is 5.56 Å². The monoisotopic (exact) mass is 293 g/mol. The second-order valence-corrected chi connectivity index (χ2v) is 4.74. The maximum atomic E-state index is 13.2. The van der Waals surface area contributed by atoms with Crippen molar-refractivity contribution in [1.82, 2.24) is 15.2 Å². The Balaban J connectivity index is 2.38. The fourth-order valence-electron chi connectivity index (χ4n) is 2.28. The molecule has 2 heterocycles. The van der Waals surface area contributed by atoms with Gasteiger partial charge < -0.3 is 4.98 Å². The number of aromatic amines is 2. The Labute approximate surface area is 116 Å². The molecular formula is C14H10F3N3O. The molecule has 0 amide bonds. The molecule has 3 aromatic rings. The smallest absolute Gasteiger partial charge is 0.305 e. The average Bonchev–Trinajstić information content (AvgIpc) is 2.80. The molecule has 0 bridgehead atoms. The van der Waals surface area contributed by atoms with Crippen LogP contribution >= 0.6 is 0 Å². The summed E-state index contributed by atoms with van der Waals surface area (Å²) in [5, 5.41) is 6.22. The summed E-state index contributed by atoms with van der Waals surface area (Å²) in [5.74, 6) is 0. The summed E-state index contributed by atoms with van der Waals surface area (Å²) >= 11 is 0. The minimum absolute atomic E-state index is 0.105. The van der Waals surface area contributed by atoms with E-state index in [0.29, 0.717) is 11.6 Å². The van der Waals surface area contributed by atoms with Crippen molar-refractivity contribution < 1.29 is 13.2 Å². The number of H-pyrrole nitrogens is 2. The third-order valence-electron chi connectivity index (χ3n) is 3.16. The van der Waals surface area contributed by atoms with Crippen LogP contribution in [0.4, 0.5) is 13.2 Å². The highest BCUT2D eigenvalue weighted by molar-refractivity contribution is 5.93. The number of hydrogen-bond acceptors (Lipinski definition) is 2. The molecule has 2 aromatic heterocycles. The number of nitrogens with zero attached hydrogens (tertiary/aromatic N) is 1. The van der Waals surface area contributed by atoms with Gasteiger partial charge in [-0.05, 0) is 13.0 Å². The van der Waals surface area contributed by atoms with Crippen LogP contribution in [0.5, 0.6) is 0 Å². The molecule has 1 aromatic carbocycles. The lowest BCUT2D eigenvalue weighted by molar-refractivity contribution is -0.136. The molecule has 0 spiro atoms. The van der Waals surface area contributed by atoms with Crippen LogP contribution in [0.25, 0.3) is 22.3 Å². The highest BCUT2D eigenvalue weighted by Gasteiger charge is 2.35. The standard InChI is InChI=1S/C14H10F3N3O/c1-7-3-2-4-8(5-7)12-11-9(14(15,16)17)6-10(21)18-13(11)20-19-12/h2-6H,1H3,(H2,18,19,20,21). The van der Waals surface area contributed by atoms with Crippen molar-refractivity contribution in [2.75, 3.05) is 0 Å². The zero-order valence-electron chi connectivity index (χ0n) is 10.9. The van der Waals surface area contributed by atoms with E-state index in [4.69, 9.17) is 0 Å². The van der Waals surface area contributed by atoms with Crippen molar-refractivity contribution >= 4 is 11.0 Å². The van der Waals surface area contributed by atoms with Crippen LogP contribution in [0.2, 0.25) is 0 Å². The number of aryl methyl sites for hydroxylation is 1. The SMILES string of the molecule is Cc1cccc(-c2[nH]nc3[nH]c(=O)cc(C(F)(F)F)c23)c1. The number of aromatic nitrogens is 3. The minimum Gasteiger partial charge on any atom is -0.305 e. The molecule has 0 atom stereocenters. The summed E-state index contributed by atoms with van der Waals surface area (Å²) < 4.78 is 39.5. The summed E-state index contributed by atoms with van der Waals surface area (Å²) in [6.07, 6.45) is -4.63. The van der Waals surface area contributed by atoms with E-state index in [0.717, 1.165) is 5.56 Å². The maximum Gasteiger partial charge on any atom is 0.417 e. The second kappa shape index (κ2) is 4.47. The van der Waals surface area contributed by atoms with Crippen LogP contribution in [-0.4, -0.2) is 15.2 Å². The molecule has 0 aliphatic carbocycles. The van der Waals surface area contributed by atoms with E-state index in [1.165, 1.54) is 0 Å². The van der Waals surface area contributed by atoms with Crippen molar-refractivity contribution in [2.24, 2.45) is 0 Å². The Morgan fingerprint density at radius 2 is 1.95 bits per heavy atom. The Kier molecular flexibility index (Phi) is 2.86. The van der Waals surface area contributed by atoms with Crippen molar-refractivity contribution in [3.8, 4) is 11.3 Å². The van der Waals surface area contributed by atoms with E-state index in [9.17, 15) is 18.0 Å². The van der Waals surface area contributed by atoms with Gasteiger partial charge in [0.15, 0.2) is 5.65 Å². The molecule has 3 rings (SSSR count). The number of halogens is 3. The Hall–Kier alpha value is -2.57. The molecule has 0 fully saturated rings. The summed E-state index contributed by atoms with van der Waals surface area (Å²) in [6.45, 7) is 1.84. The molecule has 0 unspecified atom stereocenters. The van der Waals surface area contributed by atoms with Gasteiger partial charge in [-0.15, -0.1) is 0 Å². The number of alkyl halides is 3. The molecule has 0 aliphatic heterocycles. The van der Waals surface area contributed by atoms with Crippen molar-refractivity contribution in [3.63, 3.8) is 0 Å². The van der Waals surface area contributed by atoms with Crippen LogP contribution in [0.3, 0.4) is 0 Å². The average molecular weight is 293 g/mol. The number of nitrogens with one attached hydrogen (secondary N) is 2. The van der Waals surface area contributed by atoms with Gasteiger partial charge in [-0.2, -0.15) is 18.3 Å². The summed E-state index contributed by atoms with van der Waals surface area (Å²) in [5.41, 5.74) is -0.212. The first-order chi connectivity index (χ1) is 9.86. The van der Waals surface area contributed by atoms with Crippen molar-refractivity contribution in [2.45, 2.75) is 13.1 Å². The van der Waals surface area contributed by atoms with Crippen molar-refractivity contribution in [1.29, 1.82) is 0 Å². The number of pyridine rings is 1. The molecule has 0 saturated heterocycles. The van der Waals surface area contributed by atoms with Crippen LogP contribution in [0.15, 0.2) is 35.1 Å². The third-order valence-corrected chi connectivity index (χ3v) is 3.16. The lowest BCUT2D eigenvalue weighted by Crippen LogP contribution is -2.13. The maximum absolute atomic E-state index is 13.2. The quantitative estimate of drug-likeness (QED) is 0.723. The topological polar surface area (TPSA) is 61.5 Å². The first kappa shape index (κ1) is 13.4. The van der Waals surface area contributed by atoms with E-state index in [-0.39, 0.29) is 16.7 Å². The fraction of sp³-hybridized carbons (Fsp3) is 0.143. The third kappa shape index (κ3) is 2.31. The van der Waals surface area contributed by atoms with E-state index < -0.39 is 17.3 Å². The second-order valence-electron chi connectivity index (χ2n) is 4.74. The Bertz CT molecular complexity index is 877. The Morgan fingerprint density at radius 3 is 2.62 bits per heavy atom. The van der Waals surface area contributed by atoms with Gasteiger partial charge in [-0.1, -0.05) is 23.8 Å². The first-order valence-electron chi connectivity index (χ1n) is 6.12. The molecule has 0 saturated carbocycles. The lowest BCUT2D eigenvalue weighted by Gasteiger charge is -2.09. The first-order valence-corrected chi connectivity index (χ1v) is 6.12. The zero-order chi connectivity index (χ0) is 15.2. The largest absolute Gasteiger partial charge is 0.417 e. The highest BCUT2D eigenvalue weighted by Crippen LogP contribution is 2.37. The fourth-order valence-corrected chi connectivity index (χ4v) is 2.28. The predicted molar refractivity (Wildman–Crippen MR) is 71.9 cm³/mol. The zero-order valence-corrected chi connectivity index (χ0v) is 10.9. The van der Waals surface area contributed by atoms with Crippen LogP contribution in [0, 0.1) is 6.92 Å². The normalized spacial score (nSPS) is 12.0. The summed E-state index contributed by atoms with van der Waals surface area (Å²) in [4.78, 5) is 13.7. The van der Waals surface area contributed by atoms with Gasteiger partial charge in [-0.25, -0.2) is 0 Å². The molecular weight excluding hydrogens is 283 g/mol. The molecule has 2 N–H and O–H groups in total. The van der Waals surface area contributed by atoms with E-state index in [1.807, 2.05) is 13.0 Å². The highest BCUT2D eigenvalue weighted by atomic mass is 19.4. The van der Waals surface area contributed by atoms with Gasteiger partial charge in [0.25, 0.3) is 0 Å². The van der Waals surface area contributed by atoms with Crippen LogP contribution in [0.1, 0.15) is 11.1 Å². The molecule has 0 radical (unpaired) electrons. The van der Waals surface area contributed by atoms with Gasteiger partial charge in [-0.3, -0.25) is 9.89 Å². The predicted octanol–water partition coefficient (Wildman–Crippen LogP) is 3.25. The summed E-state index contributed by atoms with van der Waals surface area (Å²) in [6, 6.07) is 7.57. The van der Waals surface area contributed by atoms with E-state index in [2.05, 4.69) is 15.2 Å². The number of fused-ring (bicyclic) bond motifs is 1. The van der Waals surface area contributed by atoms with Crippen LogP contribution in [-0.2, 0) is 6.18 Å². The van der Waals surface area contributed by atoms with Gasteiger partial charge in [0.1, 0.15) is 0 Å². The van der Waals surface area contributed by atoms with Crippen molar-refractivity contribution in [3.05, 3.63) is 51.8 Å². The molecule has 0 aliphatic rings. The van der Waals surface area contributed by atoms with E-state index >= 15 is 0 Å². The minimum atomic E-state index is -4.63. The van der Waals surface area contributed by atoms with Gasteiger partial charge in [0, 0.05) is 11.6 Å². The molecule has 108 valence electrons. The number of hydrogen-bond donors (Lipinski definition) is 2. The molecule has 21 heavy (non-hydrogen) atoms. The van der Waals surface area contributed by atoms with Gasteiger partial charge >= 0.3 is 6.18 Å². The van der Waals surface area contributed by atoms with E-state index in [1.54, 1.807) is 18.2 Å². The Morgan fingerprint density at radius 1 is 1.19 bits per heavy atom.